The van der Waals surface area contributed by atoms with Gasteiger partial charge in [-0.05, 0) is 0 Å². The first-order valence-corrected chi connectivity index (χ1v) is 6.09. The zero-order valence-electron chi connectivity index (χ0n) is 8.40. The number of carbonyl (C=O) groups is 1. The number of carbonyl (C=O) groups excluding carboxylic acids is 1. The van der Waals surface area contributed by atoms with Gasteiger partial charge < -0.3 is 9.88 Å². The van der Waals surface area contributed by atoms with Gasteiger partial charge in [-0.15, -0.1) is 4.28 Å². The van der Waals surface area contributed by atoms with Crippen LogP contribution in [-0.2, 0) is 21.2 Å². The van der Waals surface area contributed by atoms with Gasteiger partial charge in [-0.3, -0.25) is 4.55 Å². The van der Waals surface area contributed by atoms with E-state index in [1.165, 1.54) is 11.2 Å². The number of nitrogens with one attached hydrogen (secondary N) is 1. The molecule has 10 heteroatoms. The summed E-state index contributed by atoms with van der Waals surface area (Å²) in [5, 5.41) is 0.627. The number of hydrogen-bond acceptors (Lipinski definition) is 5. The summed E-state index contributed by atoms with van der Waals surface area (Å²) in [7, 11) is -4.72. The molecule has 2 amide bonds. The van der Waals surface area contributed by atoms with Crippen molar-refractivity contribution in [2.45, 2.75) is 12.6 Å². The van der Waals surface area contributed by atoms with E-state index in [2.05, 4.69) is 14.3 Å². The highest BCUT2D eigenvalue weighted by molar-refractivity contribution is 7.80. The molecule has 2 aliphatic rings. The highest BCUT2D eigenvalue weighted by atomic mass is 32.3. The topological polar surface area (TPSA) is 116 Å². The second-order valence-electron chi connectivity index (χ2n) is 3.77. The van der Waals surface area contributed by atoms with E-state index in [1.807, 2.05) is 0 Å². The minimum absolute atomic E-state index is 0.284. The third kappa shape index (κ3) is 1.57. The van der Waals surface area contributed by atoms with Crippen LogP contribution in [0.25, 0.3) is 0 Å². The Hall–Kier alpha value is -1.65. The molecule has 2 aliphatic heterocycles. The third-order valence-electron chi connectivity index (χ3n) is 2.73. The Morgan fingerprint density at radius 3 is 3.06 bits per heavy atom. The van der Waals surface area contributed by atoms with Crippen LogP contribution in [0.5, 0.6) is 0 Å². The molecular weight excluding hydrogens is 252 g/mol. The Balaban J connectivity index is 1.99. The maximum atomic E-state index is 11.7. The van der Waals surface area contributed by atoms with E-state index in [4.69, 9.17) is 4.55 Å². The van der Waals surface area contributed by atoms with E-state index in [1.54, 1.807) is 0 Å². The van der Waals surface area contributed by atoms with Crippen LogP contribution < -0.4 is 0 Å². The zero-order chi connectivity index (χ0) is 12.2. The van der Waals surface area contributed by atoms with Gasteiger partial charge in [0, 0.05) is 0 Å². The fourth-order valence-corrected chi connectivity index (χ4v) is 2.46. The number of nitrogens with zero attached hydrogens (tertiary/aromatic N) is 3. The molecule has 0 aliphatic carbocycles. The molecule has 0 aromatic carbocycles. The number of imidazole rings is 1. The largest absolute Gasteiger partial charge is 0.418 e. The summed E-state index contributed by atoms with van der Waals surface area (Å²) in [4.78, 5) is 20.0. The van der Waals surface area contributed by atoms with Crippen molar-refractivity contribution in [3.8, 4) is 0 Å². The number of rotatable bonds is 2. The molecule has 9 nitrogen and oxygen atoms in total. The lowest BCUT2D eigenvalue weighted by molar-refractivity contribution is -0.0326. The molecule has 0 saturated carbocycles. The molecule has 0 radical (unpaired) electrons. The van der Waals surface area contributed by atoms with Crippen LogP contribution in [0, 0.1) is 0 Å². The maximum absolute atomic E-state index is 11.7. The first-order chi connectivity index (χ1) is 7.96. The number of H-pyrrole nitrogens is 1. The molecule has 1 aromatic heterocycles. The van der Waals surface area contributed by atoms with Crippen LogP contribution in [0.2, 0.25) is 0 Å². The molecule has 1 aromatic rings. The Morgan fingerprint density at radius 2 is 2.35 bits per heavy atom. The zero-order valence-corrected chi connectivity index (χ0v) is 9.22. The SMILES string of the molecule is O=C1N2Cc3[nH]cnc3C(C2)N1OS(=O)(=O)O. The van der Waals surface area contributed by atoms with Gasteiger partial charge in [0.1, 0.15) is 6.04 Å². The number of hydroxylamine groups is 2. The second-order valence-corrected chi connectivity index (χ2v) is 4.78. The summed E-state index contributed by atoms with van der Waals surface area (Å²) in [6.07, 6.45) is 1.46. The minimum Gasteiger partial charge on any atom is -0.347 e. The van der Waals surface area contributed by atoms with Gasteiger partial charge in [-0.25, -0.2) is 9.78 Å². The Morgan fingerprint density at radius 1 is 1.59 bits per heavy atom. The Kier molecular flexibility index (Phi) is 1.97. The van der Waals surface area contributed by atoms with Gasteiger partial charge in [-0.1, -0.05) is 0 Å². The lowest BCUT2D eigenvalue weighted by Gasteiger charge is -2.20. The van der Waals surface area contributed by atoms with Crippen LogP contribution in [-0.4, -0.2) is 45.5 Å². The molecule has 1 atom stereocenters. The maximum Gasteiger partial charge on any atom is 0.418 e. The lowest BCUT2D eigenvalue weighted by atomic mass is 10.1. The highest BCUT2D eigenvalue weighted by Crippen LogP contribution is 2.36. The molecular formula is C7H8N4O5S. The van der Waals surface area contributed by atoms with E-state index in [9.17, 15) is 13.2 Å². The molecule has 0 spiro atoms. The number of fused-ring (bicyclic) bond motifs is 4. The van der Waals surface area contributed by atoms with Crippen molar-refractivity contribution in [2.75, 3.05) is 6.54 Å². The second kappa shape index (κ2) is 3.18. The fourth-order valence-electron chi connectivity index (χ4n) is 2.08. The predicted molar refractivity (Wildman–Crippen MR) is 51.6 cm³/mol. The lowest BCUT2D eigenvalue weighted by Crippen LogP contribution is -2.32. The van der Waals surface area contributed by atoms with Gasteiger partial charge in [-0.2, -0.15) is 13.5 Å². The summed E-state index contributed by atoms with van der Waals surface area (Å²) in [5.41, 5.74) is 1.28. The van der Waals surface area contributed by atoms with Crippen molar-refractivity contribution in [3.63, 3.8) is 0 Å². The van der Waals surface area contributed by atoms with Crippen molar-refractivity contribution < 1.29 is 22.0 Å². The molecule has 1 saturated heterocycles. The van der Waals surface area contributed by atoms with Crippen molar-refractivity contribution >= 4 is 16.4 Å². The predicted octanol–water partition coefficient (Wildman–Crippen LogP) is -0.564. The van der Waals surface area contributed by atoms with E-state index in [-0.39, 0.29) is 6.54 Å². The number of urea groups is 1. The van der Waals surface area contributed by atoms with E-state index in [0.717, 1.165) is 5.69 Å². The van der Waals surface area contributed by atoms with E-state index < -0.39 is 22.5 Å². The van der Waals surface area contributed by atoms with Gasteiger partial charge in [0.05, 0.1) is 30.8 Å². The monoisotopic (exact) mass is 260 g/mol. The average Bonchev–Trinajstić information content (AvgIpc) is 2.77. The number of amides is 2. The molecule has 1 unspecified atom stereocenters. The Bertz CT molecular complexity index is 581. The van der Waals surface area contributed by atoms with Crippen molar-refractivity contribution in [2.24, 2.45) is 0 Å². The average molecular weight is 260 g/mol. The van der Waals surface area contributed by atoms with Crippen LogP contribution >= 0.6 is 0 Å². The summed E-state index contributed by atoms with van der Waals surface area (Å²) in [5.74, 6) is 0. The number of hydrogen-bond donors (Lipinski definition) is 2. The first-order valence-electron chi connectivity index (χ1n) is 4.73. The van der Waals surface area contributed by atoms with E-state index in [0.29, 0.717) is 17.3 Å². The molecule has 92 valence electrons. The van der Waals surface area contributed by atoms with Gasteiger partial charge in [0.25, 0.3) is 0 Å². The molecule has 2 bridgehead atoms. The molecule has 3 rings (SSSR count). The van der Waals surface area contributed by atoms with Crippen molar-refractivity contribution in [1.29, 1.82) is 0 Å². The molecule has 3 heterocycles. The first kappa shape index (κ1) is 10.5. The van der Waals surface area contributed by atoms with Gasteiger partial charge in [0.2, 0.25) is 0 Å². The fraction of sp³-hybridized carbons (Fsp3) is 0.429. The molecule has 17 heavy (non-hydrogen) atoms. The summed E-state index contributed by atoms with van der Waals surface area (Å²) >= 11 is 0. The van der Waals surface area contributed by atoms with Crippen LogP contribution in [0.3, 0.4) is 0 Å². The third-order valence-corrected chi connectivity index (χ3v) is 3.08. The van der Waals surface area contributed by atoms with Crippen LogP contribution in [0.1, 0.15) is 17.4 Å². The quantitative estimate of drug-likeness (QED) is 0.688. The molecule has 1 fully saturated rings. The summed E-state index contributed by atoms with van der Waals surface area (Å²) < 4.78 is 34.2. The molecule has 2 N–H and O–H groups in total. The summed E-state index contributed by atoms with van der Waals surface area (Å²) in [6, 6.07) is -1.24. The van der Waals surface area contributed by atoms with Gasteiger partial charge in [0.15, 0.2) is 0 Å². The van der Waals surface area contributed by atoms with Crippen molar-refractivity contribution in [1.82, 2.24) is 19.9 Å². The minimum atomic E-state index is -4.72. The van der Waals surface area contributed by atoms with Crippen molar-refractivity contribution in [3.05, 3.63) is 17.7 Å². The van der Waals surface area contributed by atoms with Gasteiger partial charge >= 0.3 is 16.4 Å². The van der Waals surface area contributed by atoms with E-state index >= 15 is 0 Å². The van der Waals surface area contributed by atoms with Crippen LogP contribution in [0.15, 0.2) is 6.33 Å². The van der Waals surface area contributed by atoms with Crippen LogP contribution in [0.4, 0.5) is 4.79 Å². The standard InChI is InChI=1S/C7H8N4O5S/c12-7-10-1-4-6(9-3-8-4)5(2-10)11(7)16-17(13,14)15/h3,5H,1-2H2,(H,8,9)(H,13,14,15). The number of aromatic amines is 1. The normalized spacial score (nSPS) is 23.1. The Labute approximate surface area is 95.9 Å². The summed E-state index contributed by atoms with van der Waals surface area (Å²) in [6.45, 7) is 0.599. The number of aromatic nitrogens is 2. The highest BCUT2D eigenvalue weighted by Gasteiger charge is 2.47. The smallest absolute Gasteiger partial charge is 0.347 e.